The van der Waals surface area contributed by atoms with Gasteiger partial charge in [0.25, 0.3) is 0 Å². The molecule has 0 aliphatic carbocycles. The summed E-state index contributed by atoms with van der Waals surface area (Å²) >= 11 is 1.60. The Morgan fingerprint density at radius 1 is 0.864 bits per heavy atom. The molecule has 2 rings (SSSR count). The zero-order valence-corrected chi connectivity index (χ0v) is 14.8. The summed E-state index contributed by atoms with van der Waals surface area (Å²) in [5.41, 5.74) is 15.3. The van der Waals surface area contributed by atoms with E-state index in [-0.39, 0.29) is 0 Å². The number of hydrogen-bond donors (Lipinski definition) is 1. The van der Waals surface area contributed by atoms with Crippen LogP contribution in [0.15, 0.2) is 35.3 Å². The Morgan fingerprint density at radius 3 is 1.91 bits per heavy atom. The molecule has 2 N–H and O–H groups in total. The summed E-state index contributed by atoms with van der Waals surface area (Å²) in [5.74, 6) is 0.863. The maximum Gasteiger partial charge on any atom is 0.159 e. The van der Waals surface area contributed by atoms with Gasteiger partial charge in [-0.15, -0.1) is 0 Å². The lowest BCUT2D eigenvalue weighted by Crippen LogP contribution is -2.08. The van der Waals surface area contributed by atoms with E-state index < -0.39 is 0 Å². The van der Waals surface area contributed by atoms with Crippen molar-refractivity contribution in [2.75, 3.05) is 0 Å². The Labute approximate surface area is 137 Å². The number of nitrogens with two attached hydrogens (primary N) is 1. The topological polar surface area (TPSA) is 38.4 Å². The normalized spacial score (nSPS) is 11.8. The zero-order chi connectivity index (χ0) is 16.3. The molecule has 0 spiro atoms. The van der Waals surface area contributed by atoms with Crippen LogP contribution in [0.4, 0.5) is 5.69 Å². The third-order valence-electron chi connectivity index (χ3n) is 4.52. The Bertz CT molecular complexity index is 674. The number of amidine groups is 1. The molecular weight excluding hydrogens is 288 g/mol. The summed E-state index contributed by atoms with van der Waals surface area (Å²) in [6.45, 7) is 11.0. The van der Waals surface area contributed by atoms with Crippen molar-refractivity contribution in [2.24, 2.45) is 10.7 Å². The Balaban J connectivity index is 2.21. The lowest BCUT2D eigenvalue weighted by Gasteiger charge is -2.18. The highest BCUT2D eigenvalue weighted by molar-refractivity contribution is 8.13. The second-order valence-electron chi connectivity index (χ2n) is 5.68. The van der Waals surface area contributed by atoms with Gasteiger partial charge in [0.1, 0.15) is 0 Å². The van der Waals surface area contributed by atoms with Gasteiger partial charge >= 0.3 is 0 Å². The van der Waals surface area contributed by atoms with Crippen molar-refractivity contribution in [1.29, 1.82) is 0 Å². The lowest BCUT2D eigenvalue weighted by molar-refractivity contribution is 1.12. The maximum absolute atomic E-state index is 6.07. The van der Waals surface area contributed by atoms with Crippen LogP contribution in [0.2, 0.25) is 0 Å². The van der Waals surface area contributed by atoms with E-state index in [2.05, 4.69) is 39.6 Å². The third kappa shape index (κ3) is 3.53. The van der Waals surface area contributed by atoms with Gasteiger partial charge in [-0.3, -0.25) is 0 Å². The average Bonchev–Trinajstić information content (AvgIpc) is 2.52. The van der Waals surface area contributed by atoms with Gasteiger partial charge in [-0.1, -0.05) is 30.0 Å². The Kier molecular flexibility index (Phi) is 5.30. The number of rotatable bonds is 3. The van der Waals surface area contributed by atoms with Gasteiger partial charge in [-0.25, -0.2) is 4.99 Å². The van der Waals surface area contributed by atoms with E-state index in [1.54, 1.807) is 11.8 Å². The summed E-state index contributed by atoms with van der Waals surface area (Å²) in [5, 5.41) is 0.612. The molecule has 0 saturated carbocycles. The highest BCUT2D eigenvalue weighted by atomic mass is 32.2. The maximum atomic E-state index is 6.07. The SMILES string of the molecule is Cc1c(C)c(C)c(CSC(N)=Nc2ccccc2)c(C)c1C. The first-order valence-electron chi connectivity index (χ1n) is 7.49. The van der Waals surface area contributed by atoms with Gasteiger partial charge in [-0.2, -0.15) is 0 Å². The van der Waals surface area contributed by atoms with Crippen molar-refractivity contribution >= 4 is 22.6 Å². The molecule has 0 atom stereocenters. The molecule has 116 valence electrons. The minimum atomic E-state index is 0.612. The van der Waals surface area contributed by atoms with Crippen LogP contribution in [-0.2, 0) is 5.75 Å². The van der Waals surface area contributed by atoms with Crippen LogP contribution in [-0.4, -0.2) is 5.17 Å². The Morgan fingerprint density at radius 2 is 1.36 bits per heavy atom. The fraction of sp³-hybridized carbons (Fsp3) is 0.316. The van der Waals surface area contributed by atoms with Gasteiger partial charge in [0.15, 0.2) is 5.17 Å². The minimum Gasteiger partial charge on any atom is -0.378 e. The molecule has 22 heavy (non-hydrogen) atoms. The second kappa shape index (κ2) is 7.01. The van der Waals surface area contributed by atoms with Crippen LogP contribution in [0.5, 0.6) is 0 Å². The predicted octanol–water partition coefficient (Wildman–Crippen LogP) is 5.11. The number of aliphatic imine (C=N–C) groups is 1. The quantitative estimate of drug-likeness (QED) is 0.632. The lowest BCUT2D eigenvalue weighted by atomic mass is 9.90. The summed E-state index contributed by atoms with van der Waals surface area (Å²) < 4.78 is 0. The average molecular weight is 312 g/mol. The van der Waals surface area contributed by atoms with Gasteiger partial charge in [0.2, 0.25) is 0 Å². The molecule has 0 heterocycles. The largest absolute Gasteiger partial charge is 0.378 e. The van der Waals surface area contributed by atoms with Crippen molar-refractivity contribution in [3.05, 3.63) is 63.7 Å². The molecule has 2 nitrogen and oxygen atoms in total. The molecule has 0 bridgehead atoms. The van der Waals surface area contributed by atoms with E-state index in [1.807, 2.05) is 30.3 Å². The monoisotopic (exact) mass is 312 g/mol. The number of benzene rings is 2. The van der Waals surface area contributed by atoms with Crippen molar-refractivity contribution < 1.29 is 0 Å². The molecule has 0 fully saturated rings. The number of hydrogen-bond acceptors (Lipinski definition) is 2. The number of thioether (sulfide) groups is 1. The van der Waals surface area contributed by atoms with Crippen molar-refractivity contribution in [3.8, 4) is 0 Å². The predicted molar refractivity (Wildman–Crippen MR) is 99.1 cm³/mol. The molecule has 0 unspecified atom stereocenters. The van der Waals surface area contributed by atoms with E-state index in [9.17, 15) is 0 Å². The molecule has 0 amide bonds. The van der Waals surface area contributed by atoms with Crippen molar-refractivity contribution in [3.63, 3.8) is 0 Å². The molecule has 0 radical (unpaired) electrons. The third-order valence-corrected chi connectivity index (χ3v) is 5.34. The van der Waals surface area contributed by atoms with Crippen LogP contribution in [0, 0.1) is 34.6 Å². The summed E-state index contributed by atoms with van der Waals surface area (Å²) in [7, 11) is 0. The summed E-state index contributed by atoms with van der Waals surface area (Å²) in [4.78, 5) is 4.45. The molecule has 2 aromatic carbocycles. The summed E-state index contributed by atoms with van der Waals surface area (Å²) in [6.07, 6.45) is 0. The molecule has 0 aromatic heterocycles. The van der Waals surface area contributed by atoms with Gasteiger partial charge in [0.05, 0.1) is 5.69 Å². The molecule has 0 saturated heterocycles. The van der Waals surface area contributed by atoms with Gasteiger partial charge in [-0.05, 0) is 80.1 Å². The standard InChI is InChI=1S/C19H24N2S/c1-12-13(2)15(4)18(16(5)14(12)3)11-22-19(20)21-17-9-7-6-8-10-17/h6-10H,11H2,1-5H3,(H2,20,21). The van der Waals surface area contributed by atoms with Crippen LogP contribution in [0.25, 0.3) is 0 Å². The highest BCUT2D eigenvalue weighted by Crippen LogP contribution is 2.29. The Hall–Kier alpha value is -1.74. The molecule has 0 aliphatic heterocycles. The first kappa shape index (κ1) is 16.6. The van der Waals surface area contributed by atoms with E-state index in [1.165, 1.54) is 33.4 Å². The second-order valence-corrected chi connectivity index (χ2v) is 6.67. The first-order valence-corrected chi connectivity index (χ1v) is 8.48. The summed E-state index contributed by atoms with van der Waals surface area (Å²) in [6, 6.07) is 9.84. The zero-order valence-electron chi connectivity index (χ0n) is 14.0. The molecule has 0 aliphatic rings. The van der Waals surface area contributed by atoms with Gasteiger partial charge in [0, 0.05) is 5.75 Å². The van der Waals surface area contributed by atoms with Gasteiger partial charge < -0.3 is 5.73 Å². The van der Waals surface area contributed by atoms with Crippen molar-refractivity contribution in [1.82, 2.24) is 0 Å². The highest BCUT2D eigenvalue weighted by Gasteiger charge is 2.12. The van der Waals surface area contributed by atoms with E-state index in [0.717, 1.165) is 11.4 Å². The number of nitrogens with zero attached hydrogens (tertiary/aromatic N) is 1. The minimum absolute atomic E-state index is 0.612. The van der Waals surface area contributed by atoms with E-state index >= 15 is 0 Å². The molecule has 3 heteroatoms. The molecule has 2 aromatic rings. The van der Waals surface area contributed by atoms with Crippen LogP contribution >= 0.6 is 11.8 Å². The first-order chi connectivity index (χ1) is 10.4. The smallest absolute Gasteiger partial charge is 0.159 e. The van der Waals surface area contributed by atoms with Crippen LogP contribution in [0.3, 0.4) is 0 Å². The van der Waals surface area contributed by atoms with E-state index in [4.69, 9.17) is 5.73 Å². The fourth-order valence-electron chi connectivity index (χ4n) is 2.60. The number of para-hydroxylation sites is 1. The molecular formula is C19H24N2S. The van der Waals surface area contributed by atoms with E-state index in [0.29, 0.717) is 5.17 Å². The van der Waals surface area contributed by atoms with Crippen molar-refractivity contribution in [2.45, 2.75) is 40.4 Å². The fourth-order valence-corrected chi connectivity index (χ4v) is 3.50. The van der Waals surface area contributed by atoms with Crippen LogP contribution in [0.1, 0.15) is 33.4 Å². The van der Waals surface area contributed by atoms with Crippen LogP contribution < -0.4 is 5.73 Å².